The largest absolute Gasteiger partial charge is 0.311 e. The third-order valence-corrected chi connectivity index (χ3v) is 22.9. The van der Waals surface area contributed by atoms with Gasteiger partial charge in [0.2, 0.25) is 0 Å². The summed E-state index contributed by atoms with van der Waals surface area (Å²) >= 11 is 0. The molecule has 2 aromatic heterocycles. The Morgan fingerprint density at radius 2 is 0.592 bits per heavy atom. The minimum absolute atomic E-state index is 0.0443. The zero-order chi connectivity index (χ0) is 68.7. The molecule has 0 N–H and O–H groups in total. The van der Waals surface area contributed by atoms with Gasteiger partial charge < -0.3 is 18.9 Å². The van der Waals surface area contributed by atoms with E-state index in [0.717, 1.165) is 11.4 Å². The van der Waals surface area contributed by atoms with Crippen LogP contribution in [0, 0.1) is 13.8 Å². The van der Waals surface area contributed by atoms with E-state index in [1.807, 2.05) is 0 Å². The molecule has 4 aliphatic rings. The number of anilines is 6. The summed E-state index contributed by atoms with van der Waals surface area (Å²) in [5.74, 6) is 0. The number of fused-ring (bicyclic) bond motifs is 14. The highest BCUT2D eigenvalue weighted by molar-refractivity contribution is 7.03. The molecule has 6 heterocycles. The molecule has 0 spiro atoms. The monoisotopic (exact) mass is 1270 g/mol. The number of hydrogen-bond donors (Lipinski definition) is 0. The van der Waals surface area contributed by atoms with E-state index in [2.05, 4.69) is 352 Å². The molecule has 4 nitrogen and oxygen atoms in total. The van der Waals surface area contributed by atoms with Gasteiger partial charge in [0, 0.05) is 78.1 Å². The quantitative estimate of drug-likeness (QED) is 0.163. The van der Waals surface area contributed by atoms with Crippen molar-refractivity contribution in [2.24, 2.45) is 0 Å². The summed E-state index contributed by atoms with van der Waals surface area (Å²) in [4.78, 5) is 5.38. The molecule has 98 heavy (non-hydrogen) atoms. The van der Waals surface area contributed by atoms with Crippen molar-refractivity contribution in [1.82, 2.24) is 9.13 Å². The minimum Gasteiger partial charge on any atom is -0.311 e. The second-order valence-electron chi connectivity index (χ2n) is 35.6. The lowest BCUT2D eigenvalue weighted by molar-refractivity contribution is 0.590. The van der Waals surface area contributed by atoms with Gasteiger partial charge in [0.05, 0.1) is 11.0 Å². The number of aromatic nitrogens is 2. The molecule has 0 fully saturated rings. The van der Waals surface area contributed by atoms with Gasteiger partial charge in [0.15, 0.2) is 0 Å². The molecule has 486 valence electrons. The summed E-state index contributed by atoms with van der Waals surface area (Å²) in [5, 5.41) is 5.27. The minimum atomic E-state index is -0.148. The SMILES string of the molecule is Cc1ccccc1-c1cc2c3c(c1)-n1c4ccc(C(C)(C)C)cc4c4cc(C(C)(C)C)cc(c41)B3c1cc3c(cc1N2c1ccc(C(C)(C)C)cc1)N(c1ccc(C(C)(C)C)cc1)c1cc(-c2ccccc2C)cc2c1B3c1cc(C(C)(C)C)cc3c4cc(C(C)(C)C)ccc4n-2c13. The zero-order valence-electron chi connectivity index (χ0n) is 61.4. The third kappa shape index (κ3) is 9.24. The number of hydrogen-bond acceptors (Lipinski definition) is 2. The fourth-order valence-corrected chi connectivity index (χ4v) is 17.2. The maximum Gasteiger partial charge on any atom is 0.252 e. The van der Waals surface area contributed by atoms with Crippen molar-refractivity contribution >= 4 is 124 Å². The van der Waals surface area contributed by atoms with E-state index >= 15 is 0 Å². The summed E-state index contributed by atoms with van der Waals surface area (Å²) in [7, 11) is 0. The fourth-order valence-electron chi connectivity index (χ4n) is 17.2. The predicted octanol–water partition coefficient (Wildman–Crippen LogP) is 20.8. The van der Waals surface area contributed by atoms with Crippen LogP contribution in [-0.4, -0.2) is 22.6 Å². The zero-order valence-corrected chi connectivity index (χ0v) is 61.4. The fraction of sp³-hybridized carbons (Fsp3) is 0.283. The van der Waals surface area contributed by atoms with Crippen molar-refractivity contribution in [2.75, 3.05) is 9.80 Å². The molecule has 0 unspecified atom stereocenters. The van der Waals surface area contributed by atoms with Gasteiger partial charge in [-0.2, -0.15) is 0 Å². The van der Waals surface area contributed by atoms with Crippen molar-refractivity contribution in [1.29, 1.82) is 0 Å². The molecule has 0 amide bonds. The molecule has 0 saturated heterocycles. The average Bonchev–Trinajstić information content (AvgIpc) is 1.32. The molecule has 17 rings (SSSR count). The Labute approximate surface area is 582 Å². The Morgan fingerprint density at radius 3 is 0.939 bits per heavy atom. The first-order valence-electron chi connectivity index (χ1n) is 36.0. The number of nitrogens with zero attached hydrogens (tertiary/aromatic N) is 4. The van der Waals surface area contributed by atoms with Gasteiger partial charge in [0.1, 0.15) is 0 Å². The van der Waals surface area contributed by atoms with Crippen LogP contribution in [0.15, 0.2) is 194 Å². The molecule has 4 aliphatic heterocycles. The molecular weight excluding hydrogens is 1180 g/mol. The first-order valence-corrected chi connectivity index (χ1v) is 36.0. The number of aryl methyl sites for hydroxylation is 2. The second kappa shape index (κ2) is 20.7. The van der Waals surface area contributed by atoms with Crippen LogP contribution in [0.5, 0.6) is 0 Å². The van der Waals surface area contributed by atoms with Crippen molar-refractivity contribution in [3.8, 4) is 33.6 Å². The van der Waals surface area contributed by atoms with Crippen LogP contribution in [0.1, 0.15) is 169 Å². The molecule has 0 radical (unpaired) electrons. The van der Waals surface area contributed by atoms with Crippen LogP contribution in [0.4, 0.5) is 34.1 Å². The molecule has 11 aromatic carbocycles. The number of benzene rings is 11. The summed E-state index contributed by atoms with van der Waals surface area (Å²) in [6.45, 7) is 46.9. The Kier molecular flexibility index (Phi) is 13.1. The number of rotatable bonds is 4. The molecule has 0 saturated carbocycles. The Balaban J connectivity index is 1.08. The lowest BCUT2D eigenvalue weighted by Crippen LogP contribution is -2.64. The Morgan fingerprint density at radius 1 is 0.265 bits per heavy atom. The first kappa shape index (κ1) is 62.3. The normalized spacial score (nSPS) is 14.2. The predicted molar refractivity (Wildman–Crippen MR) is 426 cm³/mol. The standard InChI is InChI=1S/C92H92B2N4/c1-53-25-21-23-27-65(53)55-41-79-83-81(43-55)97-75-39-33-59(89(9,10)11)45-67(75)69-47-61(91(15,16)17)49-73(85(69)97)93(83)71-51-72-78(52-77(71)95(79)63-35-29-57(30-36-63)87(3,4)5)96(64-37-31-58(32-38-64)88(6,7)8)80-42-56(66-28-24-22-26-54(66)2)44-82-84(80)94(72)74-50-62(92(18,19)20)48-70-68-46-60(90(12,13)14)34-40-76(68)98(82)86(70)74/h21-52H,1-20H3. The summed E-state index contributed by atoms with van der Waals surface area (Å²) in [6.07, 6.45) is 0. The van der Waals surface area contributed by atoms with Crippen LogP contribution in [0.2, 0.25) is 0 Å². The van der Waals surface area contributed by atoms with Gasteiger partial charge in [-0.05, 0) is 237 Å². The lowest BCUT2D eigenvalue weighted by atomic mass is 9.30. The summed E-state index contributed by atoms with van der Waals surface area (Å²) in [6, 6.07) is 78.1. The van der Waals surface area contributed by atoms with Gasteiger partial charge >= 0.3 is 0 Å². The van der Waals surface area contributed by atoms with E-state index in [1.165, 1.54) is 177 Å². The van der Waals surface area contributed by atoms with Gasteiger partial charge in [-0.3, -0.25) is 0 Å². The highest BCUT2D eigenvalue weighted by Crippen LogP contribution is 2.51. The van der Waals surface area contributed by atoms with Crippen LogP contribution in [-0.2, 0) is 32.5 Å². The lowest BCUT2D eigenvalue weighted by Gasteiger charge is -2.45. The van der Waals surface area contributed by atoms with Crippen molar-refractivity contribution in [3.05, 3.63) is 239 Å². The van der Waals surface area contributed by atoms with E-state index in [9.17, 15) is 0 Å². The van der Waals surface area contributed by atoms with Gasteiger partial charge in [-0.1, -0.05) is 228 Å². The Hall–Kier alpha value is -9.25. The topological polar surface area (TPSA) is 16.3 Å². The van der Waals surface area contributed by atoms with E-state index in [1.54, 1.807) is 0 Å². The van der Waals surface area contributed by atoms with Gasteiger partial charge in [0.25, 0.3) is 13.4 Å². The van der Waals surface area contributed by atoms with Crippen molar-refractivity contribution < 1.29 is 0 Å². The highest BCUT2D eigenvalue weighted by atomic mass is 15.2. The highest BCUT2D eigenvalue weighted by Gasteiger charge is 2.49. The maximum atomic E-state index is 2.76. The van der Waals surface area contributed by atoms with E-state index in [4.69, 9.17) is 0 Å². The summed E-state index contributed by atoms with van der Waals surface area (Å²) in [5.41, 5.74) is 37.8. The van der Waals surface area contributed by atoms with Crippen LogP contribution < -0.4 is 42.6 Å². The van der Waals surface area contributed by atoms with E-state index < -0.39 is 0 Å². The van der Waals surface area contributed by atoms with Crippen molar-refractivity contribution in [3.63, 3.8) is 0 Å². The van der Waals surface area contributed by atoms with E-state index in [-0.39, 0.29) is 45.9 Å². The van der Waals surface area contributed by atoms with Crippen LogP contribution in [0.3, 0.4) is 0 Å². The van der Waals surface area contributed by atoms with Gasteiger partial charge in [-0.15, -0.1) is 0 Å². The van der Waals surface area contributed by atoms with Crippen molar-refractivity contribution in [2.45, 2.75) is 171 Å². The molecule has 0 aliphatic carbocycles. The van der Waals surface area contributed by atoms with Crippen LogP contribution >= 0.6 is 0 Å². The van der Waals surface area contributed by atoms with Gasteiger partial charge in [-0.25, -0.2) is 0 Å². The molecule has 13 aromatic rings. The first-order chi connectivity index (χ1) is 46.2. The third-order valence-electron chi connectivity index (χ3n) is 22.9. The molecular formula is C92H92B2N4. The second-order valence-corrected chi connectivity index (χ2v) is 35.6. The molecule has 0 atom stereocenters. The maximum absolute atomic E-state index is 2.76. The smallest absolute Gasteiger partial charge is 0.252 e. The Bertz CT molecular complexity index is 5250. The molecule has 6 heteroatoms. The molecule has 0 bridgehead atoms. The van der Waals surface area contributed by atoms with Crippen LogP contribution in [0.25, 0.3) is 77.2 Å². The van der Waals surface area contributed by atoms with E-state index in [0.29, 0.717) is 0 Å². The summed E-state index contributed by atoms with van der Waals surface area (Å²) < 4.78 is 5.38. The average molecular weight is 1280 g/mol.